The van der Waals surface area contributed by atoms with Gasteiger partial charge in [-0.1, -0.05) is 0 Å². The standard InChI is InChI=1S/C10H13F2N3O2/c11-9(12)6-17-4-3-14-10(16)8-2-1-7(13)5-15-8/h1-2,5,9H,3-4,6,13H2,(H,14,16). The van der Waals surface area contributed by atoms with Gasteiger partial charge in [-0.3, -0.25) is 4.79 Å². The topological polar surface area (TPSA) is 77.2 Å². The summed E-state index contributed by atoms with van der Waals surface area (Å²) >= 11 is 0. The molecule has 7 heteroatoms. The maximum absolute atomic E-state index is 11.7. The first-order valence-electron chi connectivity index (χ1n) is 4.95. The number of carbonyl (C=O) groups is 1. The third-order valence-electron chi connectivity index (χ3n) is 1.79. The van der Waals surface area contributed by atoms with Crippen molar-refractivity contribution in [3.05, 3.63) is 24.0 Å². The van der Waals surface area contributed by atoms with Crippen LogP contribution in [0.5, 0.6) is 0 Å². The van der Waals surface area contributed by atoms with Crippen LogP contribution in [0.2, 0.25) is 0 Å². The second kappa shape index (κ2) is 6.74. The summed E-state index contributed by atoms with van der Waals surface area (Å²) < 4.78 is 28.0. The Morgan fingerprint density at radius 3 is 2.88 bits per heavy atom. The Morgan fingerprint density at radius 2 is 2.29 bits per heavy atom. The first-order chi connectivity index (χ1) is 8.09. The van der Waals surface area contributed by atoms with Gasteiger partial charge in [-0.2, -0.15) is 0 Å². The van der Waals surface area contributed by atoms with Crippen LogP contribution >= 0.6 is 0 Å². The number of anilines is 1. The molecule has 0 unspecified atom stereocenters. The minimum Gasteiger partial charge on any atom is -0.397 e. The maximum atomic E-state index is 11.7. The van der Waals surface area contributed by atoms with Crippen molar-refractivity contribution in [2.24, 2.45) is 0 Å². The normalized spacial score (nSPS) is 10.5. The number of nitrogens with zero attached hydrogens (tertiary/aromatic N) is 1. The van der Waals surface area contributed by atoms with Gasteiger partial charge in [0, 0.05) is 6.54 Å². The van der Waals surface area contributed by atoms with Crippen LogP contribution in [0.3, 0.4) is 0 Å². The predicted molar refractivity (Wildman–Crippen MR) is 57.8 cm³/mol. The van der Waals surface area contributed by atoms with Crippen molar-refractivity contribution in [3.63, 3.8) is 0 Å². The highest BCUT2D eigenvalue weighted by Crippen LogP contribution is 2.00. The molecule has 0 atom stereocenters. The molecule has 0 fully saturated rings. The Labute approximate surface area is 97.0 Å². The quantitative estimate of drug-likeness (QED) is 0.722. The Morgan fingerprint density at radius 1 is 1.53 bits per heavy atom. The van der Waals surface area contributed by atoms with Gasteiger partial charge < -0.3 is 15.8 Å². The molecule has 0 aliphatic carbocycles. The summed E-state index contributed by atoms with van der Waals surface area (Å²) in [5.74, 6) is -0.398. The van der Waals surface area contributed by atoms with E-state index in [2.05, 4.69) is 15.0 Å². The molecule has 3 N–H and O–H groups in total. The second-order valence-corrected chi connectivity index (χ2v) is 3.20. The molecule has 1 rings (SSSR count). The summed E-state index contributed by atoms with van der Waals surface area (Å²) in [6.45, 7) is -0.446. The van der Waals surface area contributed by atoms with Crippen LogP contribution in [0, 0.1) is 0 Å². The van der Waals surface area contributed by atoms with Crippen molar-refractivity contribution in [1.29, 1.82) is 0 Å². The van der Waals surface area contributed by atoms with E-state index in [1.165, 1.54) is 12.3 Å². The number of ether oxygens (including phenoxy) is 1. The van der Waals surface area contributed by atoms with E-state index in [0.717, 1.165) is 0 Å². The van der Waals surface area contributed by atoms with Gasteiger partial charge in [0.15, 0.2) is 0 Å². The van der Waals surface area contributed by atoms with Gasteiger partial charge in [0.2, 0.25) is 0 Å². The van der Waals surface area contributed by atoms with Crippen molar-refractivity contribution in [3.8, 4) is 0 Å². The number of amides is 1. The summed E-state index contributed by atoms with van der Waals surface area (Å²) in [6, 6.07) is 3.03. The van der Waals surface area contributed by atoms with E-state index in [-0.39, 0.29) is 18.8 Å². The predicted octanol–water partition coefficient (Wildman–Crippen LogP) is 0.675. The highest BCUT2D eigenvalue weighted by molar-refractivity contribution is 5.92. The second-order valence-electron chi connectivity index (χ2n) is 3.20. The van der Waals surface area contributed by atoms with Crippen LogP contribution in [-0.2, 0) is 4.74 Å². The highest BCUT2D eigenvalue weighted by atomic mass is 19.3. The van der Waals surface area contributed by atoms with Crippen LogP contribution < -0.4 is 11.1 Å². The van der Waals surface area contributed by atoms with Crippen LogP contribution in [0.15, 0.2) is 18.3 Å². The number of hydrogen-bond acceptors (Lipinski definition) is 4. The summed E-state index contributed by atoms with van der Waals surface area (Å²) in [4.78, 5) is 15.2. The molecule has 0 saturated heterocycles. The number of nitrogens with one attached hydrogen (secondary N) is 1. The molecule has 0 aliphatic heterocycles. The lowest BCUT2D eigenvalue weighted by Crippen LogP contribution is -2.28. The van der Waals surface area contributed by atoms with Crippen LogP contribution in [0.25, 0.3) is 0 Å². The number of nitrogens with two attached hydrogens (primary N) is 1. The summed E-state index contributed by atoms with van der Waals surface area (Å²) in [5, 5.41) is 2.48. The molecule has 17 heavy (non-hydrogen) atoms. The smallest absolute Gasteiger partial charge is 0.269 e. The van der Waals surface area contributed by atoms with Gasteiger partial charge in [0.25, 0.3) is 12.3 Å². The van der Waals surface area contributed by atoms with E-state index in [0.29, 0.717) is 5.69 Å². The third-order valence-corrected chi connectivity index (χ3v) is 1.79. The zero-order valence-electron chi connectivity index (χ0n) is 9.03. The Bertz CT molecular complexity index is 357. The first kappa shape index (κ1) is 13.3. The molecule has 0 bridgehead atoms. The minimum absolute atomic E-state index is 0.0328. The number of aromatic nitrogens is 1. The average molecular weight is 245 g/mol. The largest absolute Gasteiger partial charge is 0.397 e. The fourth-order valence-corrected chi connectivity index (χ4v) is 1.04. The fourth-order valence-electron chi connectivity index (χ4n) is 1.04. The Hall–Kier alpha value is -1.76. The number of nitrogen functional groups attached to an aromatic ring is 1. The molecular formula is C10H13F2N3O2. The van der Waals surface area contributed by atoms with Gasteiger partial charge in [-0.05, 0) is 12.1 Å². The van der Waals surface area contributed by atoms with Crippen LogP contribution in [-0.4, -0.2) is 37.1 Å². The zero-order valence-corrected chi connectivity index (χ0v) is 9.03. The highest BCUT2D eigenvalue weighted by Gasteiger charge is 2.06. The molecule has 5 nitrogen and oxygen atoms in total. The average Bonchev–Trinajstić information content (AvgIpc) is 2.29. The van der Waals surface area contributed by atoms with Gasteiger partial charge in [-0.25, -0.2) is 13.8 Å². The molecule has 0 radical (unpaired) electrons. The van der Waals surface area contributed by atoms with Crippen molar-refractivity contribution in [1.82, 2.24) is 10.3 Å². The maximum Gasteiger partial charge on any atom is 0.269 e. The number of hydrogen-bond donors (Lipinski definition) is 2. The van der Waals surface area contributed by atoms with Crippen molar-refractivity contribution < 1.29 is 18.3 Å². The molecule has 0 spiro atoms. The van der Waals surface area contributed by atoms with Crippen LogP contribution in [0.4, 0.5) is 14.5 Å². The molecule has 1 heterocycles. The minimum atomic E-state index is -2.50. The number of alkyl halides is 2. The van der Waals surface area contributed by atoms with Crippen LogP contribution in [0.1, 0.15) is 10.5 Å². The fraction of sp³-hybridized carbons (Fsp3) is 0.400. The third kappa shape index (κ3) is 5.21. The lowest BCUT2D eigenvalue weighted by molar-refractivity contribution is 0.0188. The summed E-state index contributed by atoms with van der Waals surface area (Å²) in [7, 11) is 0. The van der Waals surface area contributed by atoms with E-state index in [9.17, 15) is 13.6 Å². The molecule has 94 valence electrons. The number of pyridine rings is 1. The number of rotatable bonds is 6. The Balaban J connectivity index is 2.23. The zero-order chi connectivity index (χ0) is 12.7. The SMILES string of the molecule is Nc1ccc(C(=O)NCCOCC(F)F)nc1. The molecule has 0 saturated carbocycles. The van der Waals surface area contributed by atoms with Gasteiger partial charge >= 0.3 is 0 Å². The lowest BCUT2D eigenvalue weighted by atomic mass is 10.3. The lowest BCUT2D eigenvalue weighted by Gasteiger charge is -2.05. The molecule has 1 amide bonds. The Kier molecular flexibility index (Phi) is 5.28. The summed E-state index contributed by atoms with van der Waals surface area (Å²) in [6.07, 6.45) is -1.13. The number of carbonyl (C=O) groups excluding carboxylic acids is 1. The monoisotopic (exact) mass is 245 g/mol. The molecule has 1 aromatic rings. The number of halogens is 2. The molecule has 0 aromatic carbocycles. The van der Waals surface area contributed by atoms with Gasteiger partial charge in [-0.15, -0.1) is 0 Å². The van der Waals surface area contributed by atoms with E-state index in [1.807, 2.05) is 0 Å². The van der Waals surface area contributed by atoms with Crippen molar-refractivity contribution in [2.75, 3.05) is 25.5 Å². The van der Waals surface area contributed by atoms with E-state index in [4.69, 9.17) is 5.73 Å². The first-order valence-corrected chi connectivity index (χ1v) is 4.95. The van der Waals surface area contributed by atoms with Crippen molar-refractivity contribution >= 4 is 11.6 Å². The van der Waals surface area contributed by atoms with Gasteiger partial charge in [0.05, 0.1) is 18.5 Å². The van der Waals surface area contributed by atoms with Gasteiger partial charge in [0.1, 0.15) is 12.3 Å². The molecule has 1 aromatic heterocycles. The molecule has 0 aliphatic rings. The summed E-state index contributed by atoms with van der Waals surface area (Å²) in [5.41, 5.74) is 6.09. The molecular weight excluding hydrogens is 232 g/mol. The van der Waals surface area contributed by atoms with E-state index >= 15 is 0 Å². The van der Waals surface area contributed by atoms with E-state index < -0.39 is 18.9 Å². The van der Waals surface area contributed by atoms with E-state index in [1.54, 1.807) is 6.07 Å². The van der Waals surface area contributed by atoms with Crippen molar-refractivity contribution in [2.45, 2.75) is 6.43 Å².